The lowest BCUT2D eigenvalue weighted by Crippen LogP contribution is -2.29. The summed E-state index contributed by atoms with van der Waals surface area (Å²) in [6.07, 6.45) is 0. The molecule has 7 nitrogen and oxygen atoms in total. The van der Waals surface area contributed by atoms with Crippen molar-refractivity contribution >= 4 is 39.2 Å². The highest BCUT2D eigenvalue weighted by molar-refractivity contribution is 9.10. The molecule has 1 aliphatic heterocycles. The molecule has 1 saturated heterocycles. The number of aliphatic hydroxyl groups is 1. The first-order valence-electron chi connectivity index (χ1n) is 9.05. The van der Waals surface area contributed by atoms with Crippen molar-refractivity contribution in [1.82, 2.24) is 5.16 Å². The molecule has 0 radical (unpaired) electrons. The molecular weight excluding hydrogens is 452 g/mol. The largest absolute Gasteiger partial charge is 0.507 e. The number of aliphatic hydroxyl groups excluding tert-OH is 1. The number of nitrogens with zero attached hydrogens (tertiary/aromatic N) is 2. The van der Waals surface area contributed by atoms with Gasteiger partial charge in [0.25, 0.3) is 5.78 Å². The van der Waals surface area contributed by atoms with E-state index in [0.717, 1.165) is 4.47 Å². The zero-order valence-electron chi connectivity index (χ0n) is 16.1. The van der Waals surface area contributed by atoms with Crippen LogP contribution in [0.2, 0.25) is 0 Å². The molecule has 4 rings (SSSR count). The first kappa shape index (κ1) is 19.9. The number of hydrogen-bond acceptors (Lipinski definition) is 6. The van der Waals surface area contributed by atoms with E-state index in [9.17, 15) is 14.7 Å². The fraction of sp³-hybridized carbons (Fsp3) is 0.136. The molecule has 0 aliphatic carbocycles. The number of aryl methyl sites for hydroxylation is 1. The summed E-state index contributed by atoms with van der Waals surface area (Å²) in [5.74, 6) is -0.685. The van der Waals surface area contributed by atoms with E-state index in [1.807, 2.05) is 6.07 Å². The van der Waals surface area contributed by atoms with Crippen molar-refractivity contribution in [2.75, 3.05) is 12.0 Å². The van der Waals surface area contributed by atoms with Crippen molar-refractivity contribution in [2.24, 2.45) is 0 Å². The maximum absolute atomic E-state index is 13.0. The zero-order chi connectivity index (χ0) is 21.4. The minimum absolute atomic E-state index is 0.0352. The number of methoxy groups -OCH3 is 1. The monoisotopic (exact) mass is 468 g/mol. The highest BCUT2D eigenvalue weighted by Crippen LogP contribution is 2.42. The molecule has 1 aromatic heterocycles. The van der Waals surface area contributed by atoms with Gasteiger partial charge in [-0.2, -0.15) is 0 Å². The third-order valence-corrected chi connectivity index (χ3v) is 5.31. The van der Waals surface area contributed by atoms with Crippen LogP contribution in [0.3, 0.4) is 0 Å². The summed E-state index contributed by atoms with van der Waals surface area (Å²) < 4.78 is 11.1. The van der Waals surface area contributed by atoms with E-state index in [4.69, 9.17) is 9.26 Å². The SMILES string of the molecule is COc1cccc(C(O)=C2C(=O)C(=O)N(c3cc(C)on3)[C@@H]2c2cccc(Br)c2)c1. The summed E-state index contributed by atoms with van der Waals surface area (Å²) in [5.41, 5.74) is 0.962. The number of ether oxygens (including phenoxy) is 1. The molecule has 3 aromatic rings. The number of halogens is 1. The van der Waals surface area contributed by atoms with E-state index >= 15 is 0 Å². The predicted molar refractivity (Wildman–Crippen MR) is 113 cm³/mol. The average Bonchev–Trinajstić information content (AvgIpc) is 3.28. The van der Waals surface area contributed by atoms with Crippen LogP contribution < -0.4 is 9.64 Å². The number of anilines is 1. The molecule has 0 unspecified atom stereocenters. The summed E-state index contributed by atoms with van der Waals surface area (Å²) in [6.45, 7) is 1.69. The summed E-state index contributed by atoms with van der Waals surface area (Å²) in [6, 6.07) is 14.5. The van der Waals surface area contributed by atoms with Gasteiger partial charge in [0.05, 0.1) is 18.7 Å². The molecule has 1 atom stereocenters. The van der Waals surface area contributed by atoms with Gasteiger partial charge in [-0.1, -0.05) is 45.4 Å². The first-order chi connectivity index (χ1) is 14.4. The van der Waals surface area contributed by atoms with Crippen LogP contribution in [0, 0.1) is 6.92 Å². The number of ketones is 1. The minimum Gasteiger partial charge on any atom is -0.507 e. The molecule has 1 fully saturated rings. The second-order valence-electron chi connectivity index (χ2n) is 6.75. The standard InChI is InChI=1S/C22H17BrN2O5/c1-12-9-17(24-30-12)25-19(13-5-3-7-15(23)10-13)18(21(27)22(25)28)20(26)14-6-4-8-16(11-14)29-2/h3-11,19,26H,1-2H3/t19-/m1/s1. The molecule has 8 heteroatoms. The van der Waals surface area contributed by atoms with E-state index in [-0.39, 0.29) is 17.2 Å². The Kier molecular flexibility index (Phi) is 5.17. The van der Waals surface area contributed by atoms with E-state index in [1.165, 1.54) is 12.0 Å². The number of amides is 1. The summed E-state index contributed by atoms with van der Waals surface area (Å²) in [5, 5.41) is 15.0. The van der Waals surface area contributed by atoms with Gasteiger partial charge >= 0.3 is 5.91 Å². The molecule has 30 heavy (non-hydrogen) atoms. The minimum atomic E-state index is -0.877. The Hall–Kier alpha value is -3.39. The van der Waals surface area contributed by atoms with Crippen LogP contribution in [-0.2, 0) is 9.59 Å². The fourth-order valence-electron chi connectivity index (χ4n) is 3.45. The topological polar surface area (TPSA) is 92.9 Å². The second kappa shape index (κ2) is 7.79. The Bertz CT molecular complexity index is 1180. The third-order valence-electron chi connectivity index (χ3n) is 4.81. The first-order valence-corrected chi connectivity index (χ1v) is 9.84. The quantitative estimate of drug-likeness (QED) is 0.347. The number of rotatable bonds is 4. The molecule has 0 spiro atoms. The smallest absolute Gasteiger partial charge is 0.301 e. The van der Waals surface area contributed by atoms with Gasteiger partial charge < -0.3 is 14.4 Å². The molecular formula is C22H17BrN2O5. The van der Waals surface area contributed by atoms with Crippen molar-refractivity contribution in [3.63, 3.8) is 0 Å². The van der Waals surface area contributed by atoms with Crippen LogP contribution in [0.4, 0.5) is 5.82 Å². The van der Waals surface area contributed by atoms with Crippen molar-refractivity contribution in [2.45, 2.75) is 13.0 Å². The molecule has 1 N–H and O–H groups in total. The maximum atomic E-state index is 13.0. The third kappa shape index (κ3) is 3.39. The molecule has 2 aromatic carbocycles. The molecule has 152 valence electrons. The van der Waals surface area contributed by atoms with E-state index in [0.29, 0.717) is 22.6 Å². The van der Waals surface area contributed by atoms with Crippen LogP contribution in [0.25, 0.3) is 5.76 Å². The van der Waals surface area contributed by atoms with Crippen LogP contribution in [0.1, 0.15) is 22.9 Å². The Morgan fingerprint density at radius 3 is 2.60 bits per heavy atom. The van der Waals surface area contributed by atoms with Crippen LogP contribution >= 0.6 is 15.9 Å². The molecule has 0 saturated carbocycles. The predicted octanol–water partition coefficient (Wildman–Crippen LogP) is 4.38. The summed E-state index contributed by atoms with van der Waals surface area (Å²) >= 11 is 3.42. The Labute approximate surface area is 180 Å². The van der Waals surface area contributed by atoms with Gasteiger partial charge in [0, 0.05) is 16.1 Å². The van der Waals surface area contributed by atoms with Crippen LogP contribution in [0.15, 0.2) is 69.2 Å². The molecule has 1 aliphatic rings. The Balaban J connectivity index is 1.95. The lowest BCUT2D eigenvalue weighted by molar-refractivity contribution is -0.132. The van der Waals surface area contributed by atoms with Crippen LogP contribution in [0.5, 0.6) is 5.75 Å². The van der Waals surface area contributed by atoms with Gasteiger partial charge in [-0.3, -0.25) is 14.5 Å². The zero-order valence-corrected chi connectivity index (χ0v) is 17.7. The lowest BCUT2D eigenvalue weighted by Gasteiger charge is -2.23. The van der Waals surface area contributed by atoms with Gasteiger partial charge in [-0.25, -0.2) is 0 Å². The highest BCUT2D eigenvalue weighted by Gasteiger charge is 2.48. The number of Topliss-reactive ketones (excluding diaryl/α,β-unsaturated/α-hetero) is 1. The normalized spacial score (nSPS) is 18.1. The van der Waals surface area contributed by atoms with Gasteiger partial charge in [0.15, 0.2) is 5.82 Å². The number of hydrogen-bond donors (Lipinski definition) is 1. The van der Waals surface area contributed by atoms with Crippen molar-refractivity contribution in [1.29, 1.82) is 0 Å². The van der Waals surface area contributed by atoms with E-state index in [1.54, 1.807) is 55.5 Å². The summed E-state index contributed by atoms with van der Waals surface area (Å²) in [7, 11) is 1.51. The van der Waals surface area contributed by atoms with Crippen LogP contribution in [-0.4, -0.2) is 29.1 Å². The van der Waals surface area contributed by atoms with Gasteiger partial charge in [0.2, 0.25) is 0 Å². The van der Waals surface area contributed by atoms with Crippen molar-refractivity contribution in [3.05, 3.63) is 81.5 Å². The molecule has 0 bridgehead atoms. The Morgan fingerprint density at radius 1 is 1.17 bits per heavy atom. The number of aromatic nitrogens is 1. The van der Waals surface area contributed by atoms with Crippen molar-refractivity contribution in [3.8, 4) is 5.75 Å². The fourth-order valence-corrected chi connectivity index (χ4v) is 3.87. The summed E-state index contributed by atoms with van der Waals surface area (Å²) in [4.78, 5) is 27.2. The Morgan fingerprint density at radius 2 is 1.93 bits per heavy atom. The lowest BCUT2D eigenvalue weighted by atomic mass is 9.95. The second-order valence-corrected chi connectivity index (χ2v) is 7.67. The number of carbonyl (C=O) groups is 2. The molecule has 1 amide bonds. The van der Waals surface area contributed by atoms with E-state index < -0.39 is 17.7 Å². The van der Waals surface area contributed by atoms with Gasteiger partial charge in [-0.05, 0) is 36.8 Å². The van der Waals surface area contributed by atoms with Crippen molar-refractivity contribution < 1.29 is 24.0 Å². The average molecular weight is 469 g/mol. The van der Waals surface area contributed by atoms with E-state index in [2.05, 4.69) is 21.1 Å². The highest BCUT2D eigenvalue weighted by atomic mass is 79.9. The van der Waals surface area contributed by atoms with Gasteiger partial charge in [0.1, 0.15) is 17.3 Å². The van der Waals surface area contributed by atoms with Gasteiger partial charge in [-0.15, -0.1) is 0 Å². The number of carbonyl (C=O) groups excluding carboxylic acids is 2. The number of benzene rings is 2. The molecule has 2 heterocycles. The maximum Gasteiger partial charge on any atom is 0.301 e.